The Hall–Kier alpha value is -1.59. The van der Waals surface area contributed by atoms with Gasteiger partial charge in [0.05, 0.1) is 0 Å². The molecule has 0 aromatic carbocycles. The zero-order valence-corrected chi connectivity index (χ0v) is 5.65. The van der Waals surface area contributed by atoms with Gasteiger partial charge in [-0.15, -0.1) is 0 Å². The highest BCUT2D eigenvalue weighted by Crippen LogP contribution is 2.10. The first kappa shape index (κ1) is 6.14. The third-order valence-corrected chi connectivity index (χ3v) is 1.48. The summed E-state index contributed by atoms with van der Waals surface area (Å²) in [5.41, 5.74) is 0. The SMILES string of the molecule is O=C1NCCN1c1conn1. The average Bonchev–Trinajstić information content (AvgIpc) is 2.55. The topological polar surface area (TPSA) is 71.3 Å². The van der Waals surface area contributed by atoms with E-state index in [0.29, 0.717) is 18.9 Å². The maximum absolute atomic E-state index is 11.0. The van der Waals surface area contributed by atoms with Crippen molar-refractivity contribution in [1.82, 2.24) is 15.7 Å². The molecule has 1 saturated heterocycles. The van der Waals surface area contributed by atoms with Crippen LogP contribution in [0.25, 0.3) is 0 Å². The summed E-state index contributed by atoms with van der Waals surface area (Å²) in [5.74, 6) is 0.458. The van der Waals surface area contributed by atoms with Crippen LogP contribution < -0.4 is 10.2 Å². The van der Waals surface area contributed by atoms with E-state index in [1.807, 2.05) is 0 Å². The van der Waals surface area contributed by atoms with Crippen LogP contribution in [0.2, 0.25) is 0 Å². The molecule has 1 aliphatic rings. The maximum Gasteiger partial charge on any atom is 0.323 e. The molecule has 1 aromatic rings. The van der Waals surface area contributed by atoms with Crippen LogP contribution in [0.5, 0.6) is 0 Å². The molecule has 0 unspecified atom stereocenters. The standard InChI is InChI=1S/C5H6N4O2/c10-5-6-1-2-9(5)4-3-11-8-7-4/h3H,1-2H2,(H,6,10). The molecule has 0 radical (unpaired) electrons. The Bertz CT molecular complexity index is 257. The Morgan fingerprint density at radius 2 is 2.64 bits per heavy atom. The normalized spacial score (nSPS) is 17.1. The van der Waals surface area contributed by atoms with E-state index in [0.717, 1.165) is 0 Å². The summed E-state index contributed by atoms with van der Waals surface area (Å²) >= 11 is 0. The molecule has 58 valence electrons. The van der Waals surface area contributed by atoms with E-state index in [4.69, 9.17) is 0 Å². The van der Waals surface area contributed by atoms with Crippen molar-refractivity contribution >= 4 is 11.8 Å². The van der Waals surface area contributed by atoms with E-state index in [1.54, 1.807) is 0 Å². The fraction of sp³-hybridized carbons (Fsp3) is 0.400. The lowest BCUT2D eigenvalue weighted by Crippen LogP contribution is -2.27. The second-order valence-electron chi connectivity index (χ2n) is 2.15. The van der Waals surface area contributed by atoms with Gasteiger partial charge in [-0.05, 0) is 0 Å². The van der Waals surface area contributed by atoms with Crippen LogP contribution in [0.15, 0.2) is 10.8 Å². The maximum atomic E-state index is 11.0. The van der Waals surface area contributed by atoms with E-state index in [1.165, 1.54) is 11.2 Å². The van der Waals surface area contributed by atoms with Gasteiger partial charge in [-0.1, -0.05) is 5.10 Å². The predicted molar refractivity (Wildman–Crippen MR) is 35.0 cm³/mol. The number of urea groups is 1. The highest BCUT2D eigenvalue weighted by Gasteiger charge is 2.23. The van der Waals surface area contributed by atoms with Crippen molar-refractivity contribution in [2.45, 2.75) is 0 Å². The zero-order chi connectivity index (χ0) is 7.68. The Balaban J connectivity index is 2.23. The Morgan fingerprint density at radius 3 is 3.18 bits per heavy atom. The lowest BCUT2D eigenvalue weighted by Gasteiger charge is -2.06. The van der Waals surface area contributed by atoms with Crippen molar-refractivity contribution in [3.05, 3.63) is 6.26 Å². The Kier molecular flexibility index (Phi) is 1.24. The van der Waals surface area contributed by atoms with Crippen LogP contribution in [0, 0.1) is 0 Å². The summed E-state index contributed by atoms with van der Waals surface area (Å²) in [6, 6.07) is -0.152. The quantitative estimate of drug-likeness (QED) is 0.597. The molecule has 1 aliphatic heterocycles. The van der Waals surface area contributed by atoms with E-state index in [9.17, 15) is 4.79 Å². The number of nitrogens with one attached hydrogen (secondary N) is 1. The third-order valence-electron chi connectivity index (χ3n) is 1.48. The first-order chi connectivity index (χ1) is 5.38. The molecule has 0 spiro atoms. The van der Waals surface area contributed by atoms with Crippen LogP contribution in [-0.2, 0) is 0 Å². The van der Waals surface area contributed by atoms with Crippen LogP contribution in [0.1, 0.15) is 0 Å². The molecule has 0 atom stereocenters. The number of hydrogen-bond acceptors (Lipinski definition) is 4. The van der Waals surface area contributed by atoms with E-state index < -0.39 is 0 Å². The molecular weight excluding hydrogens is 148 g/mol. The fourth-order valence-electron chi connectivity index (χ4n) is 0.967. The van der Waals surface area contributed by atoms with E-state index in [-0.39, 0.29) is 6.03 Å². The number of aromatic nitrogens is 2. The van der Waals surface area contributed by atoms with Gasteiger partial charge in [-0.25, -0.2) is 4.79 Å². The first-order valence-corrected chi connectivity index (χ1v) is 3.20. The number of carbonyl (C=O) groups is 1. The van der Waals surface area contributed by atoms with Crippen molar-refractivity contribution < 1.29 is 9.32 Å². The molecule has 2 heterocycles. The minimum atomic E-state index is -0.152. The van der Waals surface area contributed by atoms with Crippen molar-refractivity contribution in [3.63, 3.8) is 0 Å². The van der Waals surface area contributed by atoms with Gasteiger partial charge in [0.2, 0.25) is 5.82 Å². The van der Waals surface area contributed by atoms with Gasteiger partial charge in [-0.2, -0.15) is 0 Å². The minimum absolute atomic E-state index is 0.152. The summed E-state index contributed by atoms with van der Waals surface area (Å²) in [6.45, 7) is 1.26. The van der Waals surface area contributed by atoms with Crippen molar-refractivity contribution in [1.29, 1.82) is 0 Å². The summed E-state index contributed by atoms with van der Waals surface area (Å²) in [7, 11) is 0. The number of amides is 2. The monoisotopic (exact) mass is 154 g/mol. The molecule has 0 aliphatic carbocycles. The molecule has 0 saturated carbocycles. The molecule has 2 rings (SSSR count). The summed E-state index contributed by atoms with van der Waals surface area (Å²) in [4.78, 5) is 12.4. The van der Waals surface area contributed by atoms with Gasteiger partial charge in [-0.3, -0.25) is 4.90 Å². The number of hydrogen-bond donors (Lipinski definition) is 1. The van der Waals surface area contributed by atoms with Gasteiger partial charge in [0, 0.05) is 18.4 Å². The van der Waals surface area contributed by atoms with Gasteiger partial charge >= 0.3 is 6.03 Å². The minimum Gasteiger partial charge on any atom is -0.343 e. The first-order valence-electron chi connectivity index (χ1n) is 3.20. The van der Waals surface area contributed by atoms with E-state index in [2.05, 4.69) is 20.2 Å². The van der Waals surface area contributed by atoms with Gasteiger partial charge in [0.15, 0.2) is 6.26 Å². The summed E-state index contributed by atoms with van der Waals surface area (Å²) < 4.78 is 4.49. The summed E-state index contributed by atoms with van der Waals surface area (Å²) in [5, 5.41) is 9.49. The smallest absolute Gasteiger partial charge is 0.323 e. The van der Waals surface area contributed by atoms with Crippen molar-refractivity contribution in [3.8, 4) is 0 Å². The molecule has 6 heteroatoms. The Labute approximate surface area is 62.1 Å². The molecule has 6 nitrogen and oxygen atoms in total. The molecule has 1 fully saturated rings. The zero-order valence-electron chi connectivity index (χ0n) is 5.65. The largest absolute Gasteiger partial charge is 0.343 e. The molecule has 0 bridgehead atoms. The van der Waals surface area contributed by atoms with Crippen molar-refractivity contribution in [2.75, 3.05) is 18.0 Å². The highest BCUT2D eigenvalue weighted by atomic mass is 16.5. The Morgan fingerprint density at radius 1 is 1.73 bits per heavy atom. The second-order valence-corrected chi connectivity index (χ2v) is 2.15. The third kappa shape index (κ3) is 0.917. The predicted octanol–water partition coefficient (Wildman–Crippen LogP) is -0.401. The van der Waals surface area contributed by atoms with Crippen molar-refractivity contribution in [2.24, 2.45) is 0 Å². The van der Waals surface area contributed by atoms with E-state index >= 15 is 0 Å². The summed E-state index contributed by atoms with van der Waals surface area (Å²) in [6.07, 6.45) is 1.34. The number of nitrogens with zero attached hydrogens (tertiary/aromatic N) is 3. The number of rotatable bonds is 1. The fourth-order valence-corrected chi connectivity index (χ4v) is 0.967. The van der Waals surface area contributed by atoms with Crippen LogP contribution >= 0.6 is 0 Å². The molecular formula is C5H6N4O2. The van der Waals surface area contributed by atoms with Crippen LogP contribution in [0.3, 0.4) is 0 Å². The van der Waals surface area contributed by atoms with Gasteiger partial charge in [0.1, 0.15) is 0 Å². The van der Waals surface area contributed by atoms with Gasteiger partial charge < -0.3 is 9.84 Å². The number of anilines is 1. The lowest BCUT2D eigenvalue weighted by molar-refractivity contribution is 0.252. The molecule has 2 amide bonds. The van der Waals surface area contributed by atoms with Crippen LogP contribution in [0.4, 0.5) is 10.6 Å². The molecule has 11 heavy (non-hydrogen) atoms. The number of carbonyl (C=O) groups excluding carboxylic acids is 1. The average molecular weight is 154 g/mol. The molecule has 1 N–H and O–H groups in total. The molecule has 1 aromatic heterocycles. The van der Waals surface area contributed by atoms with Gasteiger partial charge in [0.25, 0.3) is 0 Å². The second kappa shape index (κ2) is 2.22. The van der Waals surface area contributed by atoms with Crippen LogP contribution in [-0.4, -0.2) is 29.5 Å². The highest BCUT2D eigenvalue weighted by molar-refractivity contribution is 5.92. The lowest BCUT2D eigenvalue weighted by atomic mass is 10.6.